The molecule has 0 aromatic rings. The largest absolute Gasteiger partial charge is 0.330 e. The number of unbranched alkanes of at least 4 members (excludes halogenated alkanes) is 2. The van der Waals surface area contributed by atoms with Crippen LogP contribution in [0.25, 0.3) is 0 Å². The molecular weight excluding hydrogens is 170 g/mol. The highest BCUT2D eigenvalue weighted by molar-refractivity contribution is 4.78. The number of nitrogens with two attached hydrogens (primary N) is 1. The molecule has 1 nitrogen and oxygen atoms in total. The maximum atomic E-state index is 5.73. The van der Waals surface area contributed by atoms with Gasteiger partial charge in [-0.2, -0.15) is 0 Å². The lowest BCUT2D eigenvalue weighted by molar-refractivity contribution is 0.200. The highest BCUT2D eigenvalue weighted by atomic mass is 14.5. The molecule has 0 bridgehead atoms. The molecule has 0 fully saturated rings. The number of hydrogen-bond acceptors (Lipinski definition) is 1. The summed E-state index contributed by atoms with van der Waals surface area (Å²) in [6.07, 6.45) is 10.7. The Morgan fingerprint density at radius 3 is 1.64 bits per heavy atom. The Balaban J connectivity index is 4.11. The molecule has 0 heterocycles. The lowest BCUT2D eigenvalue weighted by Gasteiger charge is -2.32. The first-order valence-electron chi connectivity index (χ1n) is 6.44. The molecule has 0 radical (unpaired) electrons. The summed E-state index contributed by atoms with van der Waals surface area (Å²) in [4.78, 5) is 0. The SMILES string of the molecule is CCCCC(CC)(CCN)CCCC. The summed E-state index contributed by atoms with van der Waals surface area (Å²) >= 11 is 0. The fraction of sp³-hybridized carbons (Fsp3) is 1.00. The zero-order valence-electron chi connectivity index (χ0n) is 10.4. The summed E-state index contributed by atoms with van der Waals surface area (Å²) in [6, 6.07) is 0. The van der Waals surface area contributed by atoms with Gasteiger partial charge >= 0.3 is 0 Å². The van der Waals surface area contributed by atoms with Crippen molar-refractivity contribution in [2.75, 3.05) is 6.54 Å². The van der Waals surface area contributed by atoms with E-state index in [1.807, 2.05) is 0 Å². The molecule has 86 valence electrons. The summed E-state index contributed by atoms with van der Waals surface area (Å²) < 4.78 is 0. The highest BCUT2D eigenvalue weighted by Gasteiger charge is 2.25. The van der Waals surface area contributed by atoms with E-state index in [-0.39, 0.29) is 0 Å². The second-order valence-electron chi connectivity index (χ2n) is 4.60. The van der Waals surface area contributed by atoms with Gasteiger partial charge in [0.1, 0.15) is 0 Å². The molecule has 0 aliphatic heterocycles. The van der Waals surface area contributed by atoms with Crippen molar-refractivity contribution in [2.45, 2.75) is 72.1 Å². The molecule has 0 saturated carbocycles. The molecule has 0 unspecified atom stereocenters. The summed E-state index contributed by atoms with van der Waals surface area (Å²) in [6.45, 7) is 7.76. The Morgan fingerprint density at radius 2 is 1.36 bits per heavy atom. The van der Waals surface area contributed by atoms with Gasteiger partial charge in [-0.3, -0.25) is 0 Å². The summed E-state index contributed by atoms with van der Waals surface area (Å²) in [5.41, 5.74) is 6.30. The smallest absolute Gasteiger partial charge is 0.00720 e. The van der Waals surface area contributed by atoms with Crippen molar-refractivity contribution >= 4 is 0 Å². The molecule has 0 aromatic heterocycles. The third kappa shape index (κ3) is 4.99. The first-order valence-corrected chi connectivity index (χ1v) is 6.44. The summed E-state index contributed by atoms with van der Waals surface area (Å²) in [5, 5.41) is 0. The predicted molar refractivity (Wildman–Crippen MR) is 65.4 cm³/mol. The van der Waals surface area contributed by atoms with E-state index in [9.17, 15) is 0 Å². The minimum Gasteiger partial charge on any atom is -0.330 e. The van der Waals surface area contributed by atoms with E-state index >= 15 is 0 Å². The van der Waals surface area contributed by atoms with Crippen molar-refractivity contribution in [3.05, 3.63) is 0 Å². The van der Waals surface area contributed by atoms with Gasteiger partial charge in [0, 0.05) is 0 Å². The molecule has 0 saturated heterocycles. The molecule has 0 rings (SSSR count). The summed E-state index contributed by atoms with van der Waals surface area (Å²) in [5.74, 6) is 0. The number of rotatable bonds is 9. The Bertz CT molecular complexity index is 112. The minimum absolute atomic E-state index is 0.570. The topological polar surface area (TPSA) is 26.0 Å². The fourth-order valence-electron chi connectivity index (χ4n) is 2.32. The van der Waals surface area contributed by atoms with Crippen LogP contribution in [0.5, 0.6) is 0 Å². The maximum absolute atomic E-state index is 5.73. The van der Waals surface area contributed by atoms with Crippen molar-refractivity contribution in [2.24, 2.45) is 11.1 Å². The van der Waals surface area contributed by atoms with E-state index in [0.717, 1.165) is 6.54 Å². The van der Waals surface area contributed by atoms with Gasteiger partial charge in [-0.15, -0.1) is 0 Å². The lowest BCUT2D eigenvalue weighted by atomic mass is 9.73. The van der Waals surface area contributed by atoms with Gasteiger partial charge in [-0.25, -0.2) is 0 Å². The third-order valence-electron chi connectivity index (χ3n) is 3.55. The average Bonchev–Trinajstić information content (AvgIpc) is 2.22. The van der Waals surface area contributed by atoms with E-state index in [1.165, 1.54) is 51.4 Å². The van der Waals surface area contributed by atoms with Crippen LogP contribution in [0.4, 0.5) is 0 Å². The van der Waals surface area contributed by atoms with Gasteiger partial charge in [0.15, 0.2) is 0 Å². The van der Waals surface area contributed by atoms with Crippen LogP contribution in [0, 0.1) is 5.41 Å². The van der Waals surface area contributed by atoms with Gasteiger partial charge in [0.2, 0.25) is 0 Å². The zero-order chi connectivity index (χ0) is 10.9. The minimum atomic E-state index is 0.570. The van der Waals surface area contributed by atoms with Crippen LogP contribution >= 0.6 is 0 Å². The first kappa shape index (κ1) is 14.0. The molecule has 0 aromatic carbocycles. The van der Waals surface area contributed by atoms with Crippen LogP contribution in [-0.2, 0) is 0 Å². The fourth-order valence-corrected chi connectivity index (χ4v) is 2.32. The quantitative estimate of drug-likeness (QED) is 0.594. The first-order chi connectivity index (χ1) is 6.74. The van der Waals surface area contributed by atoms with Crippen LogP contribution in [0.15, 0.2) is 0 Å². The molecule has 0 aliphatic carbocycles. The van der Waals surface area contributed by atoms with Gasteiger partial charge < -0.3 is 5.73 Å². The standard InChI is InChI=1S/C13H29N/c1-4-7-9-13(6-3,11-12-14)10-8-5-2/h4-12,14H2,1-3H3. The van der Waals surface area contributed by atoms with Crippen molar-refractivity contribution in [3.8, 4) is 0 Å². The molecular formula is C13H29N. The molecule has 2 N–H and O–H groups in total. The average molecular weight is 199 g/mol. The third-order valence-corrected chi connectivity index (χ3v) is 3.55. The van der Waals surface area contributed by atoms with E-state index in [1.54, 1.807) is 0 Å². The predicted octanol–water partition coefficient (Wildman–Crippen LogP) is 4.11. The van der Waals surface area contributed by atoms with Crippen LogP contribution in [0.1, 0.15) is 72.1 Å². The summed E-state index contributed by atoms with van der Waals surface area (Å²) in [7, 11) is 0. The lowest BCUT2D eigenvalue weighted by Crippen LogP contribution is -2.24. The second kappa shape index (κ2) is 8.28. The Hall–Kier alpha value is -0.0400. The molecule has 0 aliphatic rings. The van der Waals surface area contributed by atoms with Gasteiger partial charge in [-0.05, 0) is 31.2 Å². The van der Waals surface area contributed by atoms with E-state index in [0.29, 0.717) is 5.41 Å². The van der Waals surface area contributed by atoms with Crippen LogP contribution in [0.2, 0.25) is 0 Å². The van der Waals surface area contributed by atoms with Gasteiger partial charge in [-0.1, -0.05) is 52.9 Å². The molecule has 0 spiro atoms. The van der Waals surface area contributed by atoms with E-state index in [4.69, 9.17) is 5.73 Å². The molecule has 14 heavy (non-hydrogen) atoms. The van der Waals surface area contributed by atoms with Crippen molar-refractivity contribution < 1.29 is 0 Å². The Kier molecular flexibility index (Phi) is 8.26. The van der Waals surface area contributed by atoms with E-state index in [2.05, 4.69) is 20.8 Å². The van der Waals surface area contributed by atoms with Crippen molar-refractivity contribution in [1.29, 1.82) is 0 Å². The Labute approximate surface area is 90.5 Å². The van der Waals surface area contributed by atoms with Gasteiger partial charge in [0.05, 0.1) is 0 Å². The molecule has 0 atom stereocenters. The van der Waals surface area contributed by atoms with Crippen LogP contribution in [-0.4, -0.2) is 6.54 Å². The normalized spacial score (nSPS) is 12.0. The van der Waals surface area contributed by atoms with E-state index < -0.39 is 0 Å². The van der Waals surface area contributed by atoms with Crippen molar-refractivity contribution in [1.82, 2.24) is 0 Å². The maximum Gasteiger partial charge on any atom is -0.00720 e. The second-order valence-corrected chi connectivity index (χ2v) is 4.60. The van der Waals surface area contributed by atoms with Crippen molar-refractivity contribution in [3.63, 3.8) is 0 Å². The zero-order valence-corrected chi connectivity index (χ0v) is 10.4. The Morgan fingerprint density at radius 1 is 0.857 bits per heavy atom. The van der Waals surface area contributed by atoms with Gasteiger partial charge in [0.25, 0.3) is 0 Å². The highest BCUT2D eigenvalue weighted by Crippen LogP contribution is 2.37. The molecule has 0 amide bonds. The molecule has 1 heteroatoms. The number of hydrogen-bond donors (Lipinski definition) is 1. The van der Waals surface area contributed by atoms with Crippen LogP contribution in [0.3, 0.4) is 0 Å². The van der Waals surface area contributed by atoms with Crippen LogP contribution < -0.4 is 5.73 Å². The monoisotopic (exact) mass is 199 g/mol.